The highest BCUT2D eigenvalue weighted by Gasteiger charge is 2.18. The van der Waals surface area contributed by atoms with Gasteiger partial charge in [0.1, 0.15) is 0 Å². The maximum absolute atomic E-state index is 12.6. The summed E-state index contributed by atoms with van der Waals surface area (Å²) in [6.07, 6.45) is 5.30. The van der Waals surface area contributed by atoms with Crippen LogP contribution < -0.4 is 4.72 Å². The summed E-state index contributed by atoms with van der Waals surface area (Å²) < 4.78 is 29.9. The van der Waals surface area contributed by atoms with Gasteiger partial charge >= 0.3 is 0 Å². The van der Waals surface area contributed by atoms with Crippen LogP contribution in [0, 0.1) is 13.8 Å². The van der Waals surface area contributed by atoms with E-state index in [4.69, 9.17) is 0 Å². The van der Waals surface area contributed by atoms with Crippen LogP contribution in [0.15, 0.2) is 66.1 Å². The average molecular weight is 355 g/mol. The zero-order chi connectivity index (χ0) is 18.0. The molecule has 0 aliphatic rings. The molecule has 0 aliphatic heterocycles. The minimum absolute atomic E-state index is 0.289. The molecule has 0 saturated heterocycles. The minimum Gasteiger partial charge on any atom is -0.306 e. The van der Waals surface area contributed by atoms with Gasteiger partial charge in [0.2, 0.25) is 10.0 Å². The van der Waals surface area contributed by atoms with E-state index >= 15 is 0 Å². The van der Waals surface area contributed by atoms with Crippen LogP contribution in [0.3, 0.4) is 0 Å². The Morgan fingerprint density at radius 1 is 1.04 bits per heavy atom. The lowest BCUT2D eigenvalue weighted by molar-refractivity contribution is 0.567. The highest BCUT2D eigenvalue weighted by molar-refractivity contribution is 7.89. The van der Waals surface area contributed by atoms with Gasteiger partial charge in [-0.3, -0.25) is 0 Å². The fraction of sp³-hybridized carbons (Fsp3) is 0.211. The Morgan fingerprint density at radius 3 is 2.36 bits per heavy atom. The number of imidazole rings is 1. The van der Waals surface area contributed by atoms with Crippen LogP contribution in [0.2, 0.25) is 0 Å². The lowest BCUT2D eigenvalue weighted by atomic mass is 10.1. The highest BCUT2D eigenvalue weighted by Crippen LogP contribution is 2.20. The second-order valence-corrected chi connectivity index (χ2v) is 7.86. The van der Waals surface area contributed by atoms with Crippen molar-refractivity contribution in [3.8, 4) is 5.69 Å². The Hall–Kier alpha value is -2.44. The quantitative estimate of drug-likeness (QED) is 0.761. The molecule has 2 aromatic carbocycles. The second-order valence-electron chi connectivity index (χ2n) is 6.15. The Kier molecular flexibility index (Phi) is 4.74. The SMILES string of the molecule is Cc1ccc(S(=O)(=O)NC(C)c2ccc(-n3ccnc3)cc2)cc1C. The molecule has 0 saturated carbocycles. The predicted molar refractivity (Wildman–Crippen MR) is 98.2 cm³/mol. The predicted octanol–water partition coefficient (Wildman–Crippen LogP) is 3.53. The van der Waals surface area contributed by atoms with E-state index in [1.54, 1.807) is 24.7 Å². The van der Waals surface area contributed by atoms with Crippen molar-refractivity contribution in [2.45, 2.75) is 31.7 Å². The van der Waals surface area contributed by atoms with Crippen molar-refractivity contribution < 1.29 is 8.42 Å². The first kappa shape index (κ1) is 17.4. The highest BCUT2D eigenvalue weighted by atomic mass is 32.2. The van der Waals surface area contributed by atoms with Gasteiger partial charge in [0.05, 0.1) is 11.2 Å². The lowest BCUT2D eigenvalue weighted by Crippen LogP contribution is -2.27. The van der Waals surface area contributed by atoms with Crippen LogP contribution in [0.5, 0.6) is 0 Å². The molecule has 6 heteroatoms. The van der Waals surface area contributed by atoms with E-state index < -0.39 is 10.0 Å². The number of nitrogens with one attached hydrogen (secondary N) is 1. The van der Waals surface area contributed by atoms with Crippen LogP contribution >= 0.6 is 0 Å². The monoisotopic (exact) mass is 355 g/mol. The molecular weight excluding hydrogens is 334 g/mol. The molecule has 1 atom stereocenters. The molecule has 5 nitrogen and oxygen atoms in total. The summed E-state index contributed by atoms with van der Waals surface area (Å²) in [5.41, 5.74) is 3.91. The fourth-order valence-corrected chi connectivity index (χ4v) is 3.91. The molecule has 0 spiro atoms. The zero-order valence-electron chi connectivity index (χ0n) is 14.5. The van der Waals surface area contributed by atoms with E-state index in [0.717, 1.165) is 22.4 Å². The summed E-state index contributed by atoms with van der Waals surface area (Å²) in [6.45, 7) is 5.71. The molecule has 0 amide bonds. The van der Waals surface area contributed by atoms with Crippen molar-refractivity contribution in [1.29, 1.82) is 0 Å². The van der Waals surface area contributed by atoms with Crippen molar-refractivity contribution in [3.05, 3.63) is 77.9 Å². The summed E-state index contributed by atoms with van der Waals surface area (Å²) in [5.74, 6) is 0. The molecule has 130 valence electrons. The average Bonchev–Trinajstić information content (AvgIpc) is 3.11. The van der Waals surface area contributed by atoms with E-state index in [2.05, 4.69) is 9.71 Å². The zero-order valence-corrected chi connectivity index (χ0v) is 15.3. The van der Waals surface area contributed by atoms with Gasteiger partial charge in [-0.2, -0.15) is 0 Å². The number of aryl methyl sites for hydroxylation is 2. The summed E-state index contributed by atoms with van der Waals surface area (Å²) in [7, 11) is -3.57. The van der Waals surface area contributed by atoms with Gasteiger partial charge in [0.15, 0.2) is 0 Å². The Balaban J connectivity index is 1.78. The molecule has 3 rings (SSSR count). The van der Waals surface area contributed by atoms with Crippen LogP contribution in [-0.4, -0.2) is 18.0 Å². The molecule has 1 heterocycles. The van der Waals surface area contributed by atoms with Crippen molar-refractivity contribution in [3.63, 3.8) is 0 Å². The maximum atomic E-state index is 12.6. The Labute approximate surface area is 148 Å². The number of nitrogens with zero attached hydrogens (tertiary/aromatic N) is 2. The maximum Gasteiger partial charge on any atom is 0.241 e. The van der Waals surface area contributed by atoms with Gasteiger partial charge in [-0.1, -0.05) is 18.2 Å². The number of aromatic nitrogens is 2. The van der Waals surface area contributed by atoms with Gasteiger partial charge in [-0.25, -0.2) is 18.1 Å². The minimum atomic E-state index is -3.57. The molecule has 3 aromatic rings. The smallest absolute Gasteiger partial charge is 0.241 e. The molecule has 0 bridgehead atoms. The van der Waals surface area contributed by atoms with Crippen LogP contribution in [0.25, 0.3) is 5.69 Å². The fourth-order valence-electron chi connectivity index (χ4n) is 2.60. The summed E-state index contributed by atoms with van der Waals surface area (Å²) >= 11 is 0. The normalized spacial score (nSPS) is 12.9. The van der Waals surface area contributed by atoms with E-state index in [9.17, 15) is 8.42 Å². The van der Waals surface area contributed by atoms with Gasteiger partial charge < -0.3 is 4.57 Å². The molecule has 0 fully saturated rings. The van der Waals surface area contributed by atoms with Crippen molar-refractivity contribution >= 4 is 10.0 Å². The standard InChI is InChI=1S/C19H21N3O2S/c1-14-4-9-19(12-15(14)2)25(23,24)21-16(3)17-5-7-18(8-6-17)22-11-10-20-13-22/h4-13,16,21H,1-3H3. The number of hydrogen-bond donors (Lipinski definition) is 1. The second kappa shape index (κ2) is 6.82. The molecular formula is C19H21N3O2S. The lowest BCUT2D eigenvalue weighted by Gasteiger charge is -2.16. The number of hydrogen-bond acceptors (Lipinski definition) is 3. The largest absolute Gasteiger partial charge is 0.306 e. The summed E-state index contributed by atoms with van der Waals surface area (Å²) in [5, 5.41) is 0. The van der Waals surface area contributed by atoms with Crippen LogP contribution in [-0.2, 0) is 10.0 Å². The first-order chi connectivity index (χ1) is 11.9. The molecule has 0 radical (unpaired) electrons. The van der Waals surface area contributed by atoms with Gasteiger partial charge in [-0.15, -0.1) is 0 Å². The van der Waals surface area contributed by atoms with E-state index in [1.807, 2.05) is 61.9 Å². The van der Waals surface area contributed by atoms with E-state index in [-0.39, 0.29) is 10.9 Å². The van der Waals surface area contributed by atoms with Crippen molar-refractivity contribution in [2.24, 2.45) is 0 Å². The third-order valence-electron chi connectivity index (χ3n) is 4.32. The summed E-state index contributed by atoms with van der Waals surface area (Å²) in [6, 6.07) is 12.6. The molecule has 25 heavy (non-hydrogen) atoms. The number of rotatable bonds is 5. The van der Waals surface area contributed by atoms with E-state index in [1.165, 1.54) is 0 Å². The van der Waals surface area contributed by atoms with Crippen molar-refractivity contribution in [2.75, 3.05) is 0 Å². The van der Waals surface area contributed by atoms with Crippen LogP contribution in [0.1, 0.15) is 29.7 Å². The number of benzene rings is 2. The van der Waals surface area contributed by atoms with Crippen LogP contribution in [0.4, 0.5) is 0 Å². The Bertz CT molecular complexity index is 962. The van der Waals surface area contributed by atoms with Gasteiger partial charge in [-0.05, 0) is 61.7 Å². The third kappa shape index (κ3) is 3.81. The first-order valence-corrected chi connectivity index (χ1v) is 9.53. The molecule has 1 aromatic heterocycles. The molecule has 1 N–H and O–H groups in total. The van der Waals surface area contributed by atoms with E-state index in [0.29, 0.717) is 0 Å². The topological polar surface area (TPSA) is 64.0 Å². The first-order valence-electron chi connectivity index (χ1n) is 8.05. The summed E-state index contributed by atoms with van der Waals surface area (Å²) in [4.78, 5) is 4.31. The molecule has 0 aliphatic carbocycles. The van der Waals surface area contributed by atoms with Gasteiger partial charge in [0.25, 0.3) is 0 Å². The third-order valence-corrected chi connectivity index (χ3v) is 5.85. The Morgan fingerprint density at radius 2 is 1.76 bits per heavy atom. The van der Waals surface area contributed by atoms with Crippen molar-refractivity contribution in [1.82, 2.24) is 14.3 Å². The molecule has 1 unspecified atom stereocenters. The van der Waals surface area contributed by atoms with Gasteiger partial charge in [0, 0.05) is 24.1 Å². The number of sulfonamides is 1.